The largest absolute Gasteiger partial charge is 0.493 e. The fraction of sp³-hybridized carbons (Fsp3) is 0.426. The van der Waals surface area contributed by atoms with Crippen LogP contribution in [-0.2, 0) is 24.4 Å². The van der Waals surface area contributed by atoms with Gasteiger partial charge in [0.05, 0.1) is 24.3 Å². The summed E-state index contributed by atoms with van der Waals surface area (Å²) in [7, 11) is 0. The minimum atomic E-state index is -0.190. The molecule has 0 aromatic heterocycles. The highest BCUT2D eigenvalue weighted by molar-refractivity contribution is 6.32. The van der Waals surface area contributed by atoms with Crippen LogP contribution >= 0.6 is 11.6 Å². The second-order valence-corrected chi connectivity index (χ2v) is 16.0. The van der Waals surface area contributed by atoms with E-state index in [0.29, 0.717) is 71.5 Å². The van der Waals surface area contributed by atoms with E-state index < -0.39 is 0 Å². The van der Waals surface area contributed by atoms with E-state index in [1.165, 1.54) is 42.5 Å². The lowest BCUT2D eigenvalue weighted by Gasteiger charge is -2.33. The van der Waals surface area contributed by atoms with Gasteiger partial charge >= 0.3 is 0 Å². The average molecular weight is 771 g/mol. The van der Waals surface area contributed by atoms with Crippen molar-refractivity contribution in [2.45, 2.75) is 96.9 Å². The average Bonchev–Trinajstić information content (AvgIpc) is 3.83. The first-order valence-electron chi connectivity index (χ1n) is 20.1. The smallest absolute Gasteiger partial charge is 0.188 e. The van der Waals surface area contributed by atoms with Gasteiger partial charge in [-0.25, -0.2) is 4.85 Å². The van der Waals surface area contributed by atoms with E-state index in [4.69, 9.17) is 32.4 Å². The van der Waals surface area contributed by atoms with Crippen LogP contribution in [0.15, 0.2) is 66.7 Å². The minimum absolute atomic E-state index is 0.165. The first-order chi connectivity index (χ1) is 27.3. The molecule has 3 atom stereocenters. The number of likely N-dealkylation sites (tertiary alicyclic amines) is 1. The Morgan fingerprint density at radius 1 is 0.982 bits per heavy atom. The SMILES string of the molecule is [C-]#[N+]c1cc(C#N)cc(COc2cc(O[C@H]3CCc4c(-c5cccc(OCCCN6CCCC[C@@H]6C)c5C)cccc43)c(Cl)cc2CNC[C@H]2CCC(=O)C2)c1. The monoisotopic (exact) mass is 770 g/mol. The highest BCUT2D eigenvalue weighted by Crippen LogP contribution is 2.44. The zero-order chi connectivity index (χ0) is 39.0. The maximum absolute atomic E-state index is 11.8. The number of carbonyl (C=O) groups excluding carboxylic acids is 1. The molecule has 0 radical (unpaired) electrons. The van der Waals surface area contributed by atoms with Crippen LogP contribution in [0, 0.1) is 30.7 Å². The molecule has 3 aliphatic rings. The summed E-state index contributed by atoms with van der Waals surface area (Å²) in [5, 5.41) is 13.5. The number of carbonyl (C=O) groups is 1. The van der Waals surface area contributed by atoms with Gasteiger partial charge in [0.15, 0.2) is 5.69 Å². The molecule has 2 fully saturated rings. The third kappa shape index (κ3) is 9.39. The van der Waals surface area contributed by atoms with Gasteiger partial charge in [-0.3, -0.25) is 4.79 Å². The van der Waals surface area contributed by atoms with E-state index in [1.54, 1.807) is 18.2 Å². The summed E-state index contributed by atoms with van der Waals surface area (Å²) in [6, 6.07) is 24.4. The van der Waals surface area contributed by atoms with Crippen LogP contribution in [0.25, 0.3) is 16.0 Å². The lowest BCUT2D eigenvalue weighted by Crippen LogP contribution is -2.38. The standard InChI is InChI=1S/C47H51ClN4O4/c1-31-9-4-5-18-52(31)19-8-20-54-44-13-7-10-39(32(44)2)40-11-6-12-42-41(40)16-17-45(42)56-47-26-46(55-30-35-21-34(27-49)22-37(23-35)50-3)36(25-43(47)48)29-51-28-33-14-15-38(53)24-33/h6-7,10-13,21-23,25-26,31,33,45,51H,4-5,8-9,14-20,24,28-30H2,1-2H3/t31-,33-,45-/m0/s1. The van der Waals surface area contributed by atoms with Gasteiger partial charge in [-0.1, -0.05) is 48.4 Å². The zero-order valence-electron chi connectivity index (χ0n) is 32.5. The molecule has 0 amide bonds. The summed E-state index contributed by atoms with van der Waals surface area (Å²) >= 11 is 6.96. The van der Waals surface area contributed by atoms with Crippen molar-refractivity contribution in [3.05, 3.63) is 117 Å². The predicted molar refractivity (Wildman–Crippen MR) is 221 cm³/mol. The van der Waals surface area contributed by atoms with Crippen molar-refractivity contribution in [1.82, 2.24) is 10.2 Å². The molecular formula is C47H51ClN4O4. The van der Waals surface area contributed by atoms with E-state index in [2.05, 4.69) is 71.4 Å². The maximum Gasteiger partial charge on any atom is 0.188 e. The zero-order valence-corrected chi connectivity index (χ0v) is 33.3. The molecule has 1 saturated heterocycles. The summed E-state index contributed by atoms with van der Waals surface area (Å²) in [5.74, 6) is 2.73. The van der Waals surface area contributed by atoms with Gasteiger partial charge in [0.2, 0.25) is 0 Å². The second-order valence-electron chi connectivity index (χ2n) is 15.6. The van der Waals surface area contributed by atoms with Gasteiger partial charge in [-0.2, -0.15) is 5.26 Å². The fourth-order valence-electron chi connectivity index (χ4n) is 8.61. The number of piperidine rings is 1. The van der Waals surface area contributed by atoms with Gasteiger partial charge in [-0.05, 0) is 135 Å². The van der Waals surface area contributed by atoms with Crippen molar-refractivity contribution >= 4 is 23.1 Å². The van der Waals surface area contributed by atoms with Crippen molar-refractivity contribution in [2.75, 3.05) is 26.2 Å². The van der Waals surface area contributed by atoms with Crippen LogP contribution in [0.2, 0.25) is 5.02 Å². The number of ketones is 1. The van der Waals surface area contributed by atoms with Crippen molar-refractivity contribution in [3.8, 4) is 34.4 Å². The van der Waals surface area contributed by atoms with Crippen molar-refractivity contribution < 1.29 is 19.0 Å². The Hall–Kier alpha value is -4.86. The van der Waals surface area contributed by atoms with Crippen molar-refractivity contribution in [2.24, 2.45) is 5.92 Å². The number of benzene rings is 4. The Balaban J connectivity index is 1.07. The number of nitrogens with zero attached hydrogens (tertiary/aromatic N) is 3. The van der Waals surface area contributed by atoms with Crippen LogP contribution in [-0.4, -0.2) is 43.0 Å². The predicted octanol–water partition coefficient (Wildman–Crippen LogP) is 10.5. The Bertz CT molecular complexity index is 2110. The molecule has 7 rings (SSSR count). The van der Waals surface area contributed by atoms with Crippen molar-refractivity contribution in [3.63, 3.8) is 0 Å². The number of rotatable bonds is 15. The van der Waals surface area contributed by atoms with E-state index in [-0.39, 0.29) is 12.7 Å². The Labute approximate surface area is 336 Å². The molecule has 8 nitrogen and oxygen atoms in total. The van der Waals surface area contributed by atoms with Gasteiger partial charge in [0.25, 0.3) is 0 Å². The number of Topliss-reactive ketones (excluding diaryl/α,β-unsaturated/α-hetero) is 1. The molecule has 0 bridgehead atoms. The first-order valence-corrected chi connectivity index (χ1v) is 20.5. The number of hydrogen-bond acceptors (Lipinski definition) is 7. The number of nitrogens with one attached hydrogen (secondary N) is 1. The molecule has 1 heterocycles. The lowest BCUT2D eigenvalue weighted by atomic mass is 9.93. The summed E-state index contributed by atoms with van der Waals surface area (Å²) in [4.78, 5) is 18.0. The quantitative estimate of drug-likeness (QED) is 0.0951. The molecule has 290 valence electrons. The maximum atomic E-state index is 11.8. The van der Waals surface area contributed by atoms with Crippen LogP contribution in [0.1, 0.15) is 97.8 Å². The van der Waals surface area contributed by atoms with Gasteiger partial charge in [0, 0.05) is 49.2 Å². The summed E-state index contributed by atoms with van der Waals surface area (Å²) < 4.78 is 19.5. The number of hydrogen-bond donors (Lipinski definition) is 1. The highest BCUT2D eigenvalue weighted by atomic mass is 35.5. The van der Waals surface area contributed by atoms with E-state index >= 15 is 0 Å². The molecule has 1 N–H and O–H groups in total. The Morgan fingerprint density at radius 3 is 2.64 bits per heavy atom. The number of ether oxygens (including phenoxy) is 3. The van der Waals surface area contributed by atoms with Gasteiger partial charge < -0.3 is 24.4 Å². The fourth-order valence-corrected chi connectivity index (χ4v) is 8.84. The molecule has 9 heteroatoms. The third-order valence-corrected chi connectivity index (χ3v) is 12.0. The molecule has 1 aliphatic heterocycles. The highest BCUT2D eigenvalue weighted by Gasteiger charge is 2.29. The Morgan fingerprint density at radius 2 is 1.84 bits per heavy atom. The summed E-state index contributed by atoms with van der Waals surface area (Å²) in [6.45, 7) is 16.3. The van der Waals surface area contributed by atoms with Gasteiger partial charge in [0.1, 0.15) is 35.7 Å². The number of fused-ring (bicyclic) bond motifs is 1. The first kappa shape index (κ1) is 39.4. The molecule has 4 aromatic carbocycles. The van der Waals surface area contributed by atoms with Crippen LogP contribution in [0.3, 0.4) is 0 Å². The summed E-state index contributed by atoms with van der Waals surface area (Å²) in [5.41, 5.74) is 8.36. The van der Waals surface area contributed by atoms with E-state index in [1.807, 2.05) is 12.1 Å². The van der Waals surface area contributed by atoms with Crippen LogP contribution < -0.4 is 19.5 Å². The molecule has 4 aromatic rings. The Kier molecular flexibility index (Phi) is 12.9. The van der Waals surface area contributed by atoms with Crippen LogP contribution in [0.5, 0.6) is 17.2 Å². The van der Waals surface area contributed by atoms with E-state index in [0.717, 1.165) is 66.8 Å². The topological polar surface area (TPSA) is 88.2 Å². The van der Waals surface area contributed by atoms with E-state index in [9.17, 15) is 10.1 Å². The third-order valence-electron chi connectivity index (χ3n) is 11.7. The molecule has 0 unspecified atom stereocenters. The number of halogens is 1. The molecule has 2 aliphatic carbocycles. The normalized spacial score (nSPS) is 19.3. The van der Waals surface area contributed by atoms with Gasteiger partial charge in [-0.15, -0.1) is 0 Å². The molecule has 0 spiro atoms. The molecule has 56 heavy (non-hydrogen) atoms. The minimum Gasteiger partial charge on any atom is -0.493 e. The second kappa shape index (κ2) is 18.4. The molecule has 1 saturated carbocycles. The lowest BCUT2D eigenvalue weighted by molar-refractivity contribution is -0.117. The number of nitriles is 1. The summed E-state index contributed by atoms with van der Waals surface area (Å²) in [6.07, 6.45) is 8.61. The van der Waals surface area contributed by atoms with Crippen molar-refractivity contribution in [1.29, 1.82) is 5.26 Å². The molecular weight excluding hydrogens is 720 g/mol. The van der Waals surface area contributed by atoms with Crippen LogP contribution in [0.4, 0.5) is 5.69 Å².